The van der Waals surface area contributed by atoms with E-state index in [4.69, 9.17) is 0 Å². The molecule has 1 aliphatic rings. The summed E-state index contributed by atoms with van der Waals surface area (Å²) in [4.78, 5) is 22.4. The number of H-pyrrole nitrogens is 2. The van der Waals surface area contributed by atoms with E-state index in [-0.39, 0.29) is 11.9 Å². The van der Waals surface area contributed by atoms with Crippen molar-refractivity contribution >= 4 is 16.8 Å². The monoisotopic (exact) mass is 295 g/mol. The molecule has 4 rings (SSSR count). The summed E-state index contributed by atoms with van der Waals surface area (Å²) >= 11 is 0. The van der Waals surface area contributed by atoms with E-state index in [1.54, 1.807) is 0 Å². The summed E-state index contributed by atoms with van der Waals surface area (Å²) in [5, 5.41) is 7.89. The molecule has 1 amide bonds. The molecule has 0 radical (unpaired) electrons. The minimum atomic E-state index is -0.0195. The summed E-state index contributed by atoms with van der Waals surface area (Å²) in [5.41, 5.74) is 1.61. The fraction of sp³-hybridized carbons (Fsp3) is 0.312. The highest BCUT2D eigenvalue weighted by atomic mass is 16.2. The molecule has 2 aromatic heterocycles. The van der Waals surface area contributed by atoms with Gasteiger partial charge in [-0.1, -0.05) is 12.1 Å². The van der Waals surface area contributed by atoms with E-state index in [0.717, 1.165) is 42.5 Å². The Labute approximate surface area is 127 Å². The molecule has 1 atom stereocenters. The molecule has 0 saturated carbocycles. The van der Waals surface area contributed by atoms with Crippen LogP contribution in [0.25, 0.3) is 10.9 Å². The van der Waals surface area contributed by atoms with Crippen molar-refractivity contribution in [1.82, 2.24) is 25.1 Å². The molecule has 112 valence electrons. The number of para-hydroxylation sites is 1. The van der Waals surface area contributed by atoms with Gasteiger partial charge >= 0.3 is 0 Å². The predicted octanol–water partition coefficient (Wildman–Crippen LogP) is 2.65. The predicted molar refractivity (Wildman–Crippen MR) is 82.3 cm³/mol. The smallest absolute Gasteiger partial charge is 0.256 e. The van der Waals surface area contributed by atoms with Crippen molar-refractivity contribution in [2.24, 2.45) is 0 Å². The number of hydrogen-bond acceptors (Lipinski definition) is 3. The van der Waals surface area contributed by atoms with Gasteiger partial charge in [-0.3, -0.25) is 9.89 Å². The number of amides is 1. The Morgan fingerprint density at radius 2 is 2.23 bits per heavy atom. The quantitative estimate of drug-likeness (QED) is 0.763. The Morgan fingerprint density at radius 3 is 3.09 bits per heavy atom. The molecule has 6 nitrogen and oxygen atoms in total. The lowest BCUT2D eigenvalue weighted by atomic mass is 9.99. The van der Waals surface area contributed by atoms with Crippen LogP contribution in [0.4, 0.5) is 0 Å². The van der Waals surface area contributed by atoms with E-state index >= 15 is 0 Å². The first-order valence-electron chi connectivity index (χ1n) is 7.57. The third-order valence-corrected chi connectivity index (χ3v) is 4.33. The lowest BCUT2D eigenvalue weighted by Gasteiger charge is -2.34. The van der Waals surface area contributed by atoms with Gasteiger partial charge in [0.2, 0.25) is 0 Å². The van der Waals surface area contributed by atoms with Crippen LogP contribution in [-0.2, 0) is 0 Å². The van der Waals surface area contributed by atoms with Crippen molar-refractivity contribution < 1.29 is 4.79 Å². The van der Waals surface area contributed by atoms with Crippen molar-refractivity contribution in [2.75, 3.05) is 6.54 Å². The van der Waals surface area contributed by atoms with Crippen molar-refractivity contribution in [3.8, 4) is 0 Å². The third-order valence-electron chi connectivity index (χ3n) is 4.33. The van der Waals surface area contributed by atoms with Gasteiger partial charge in [-0.2, -0.15) is 5.10 Å². The second-order valence-electron chi connectivity index (χ2n) is 5.63. The van der Waals surface area contributed by atoms with Crippen LogP contribution in [0.3, 0.4) is 0 Å². The van der Waals surface area contributed by atoms with Crippen LogP contribution in [0.2, 0.25) is 0 Å². The highest BCUT2D eigenvalue weighted by Crippen LogP contribution is 2.31. The number of fused-ring (bicyclic) bond motifs is 1. The molecular weight excluding hydrogens is 278 g/mol. The zero-order valence-electron chi connectivity index (χ0n) is 12.1. The van der Waals surface area contributed by atoms with Crippen molar-refractivity contribution in [3.63, 3.8) is 0 Å². The van der Waals surface area contributed by atoms with Crippen LogP contribution in [0.5, 0.6) is 0 Å². The van der Waals surface area contributed by atoms with Crippen LogP contribution >= 0.6 is 0 Å². The van der Waals surface area contributed by atoms with Gasteiger partial charge in [0, 0.05) is 18.1 Å². The van der Waals surface area contributed by atoms with Crippen molar-refractivity contribution in [1.29, 1.82) is 0 Å². The van der Waals surface area contributed by atoms with Crippen molar-refractivity contribution in [3.05, 3.63) is 48.2 Å². The molecular formula is C16H17N5O. The topological polar surface area (TPSA) is 77.7 Å². The highest BCUT2D eigenvalue weighted by Gasteiger charge is 2.31. The first-order valence-corrected chi connectivity index (χ1v) is 7.57. The van der Waals surface area contributed by atoms with E-state index in [1.807, 2.05) is 35.4 Å². The molecule has 2 N–H and O–H groups in total. The average molecular weight is 295 g/mol. The van der Waals surface area contributed by atoms with Crippen LogP contribution in [0, 0.1) is 0 Å². The van der Waals surface area contributed by atoms with Crippen molar-refractivity contribution in [2.45, 2.75) is 25.3 Å². The molecule has 0 spiro atoms. The average Bonchev–Trinajstić information content (AvgIpc) is 3.25. The van der Waals surface area contributed by atoms with Gasteiger partial charge in [-0.05, 0) is 31.4 Å². The van der Waals surface area contributed by atoms with Gasteiger partial charge < -0.3 is 9.88 Å². The van der Waals surface area contributed by atoms with Crippen LogP contribution in [0.1, 0.15) is 41.5 Å². The van der Waals surface area contributed by atoms with Gasteiger partial charge in [0.15, 0.2) is 0 Å². The minimum absolute atomic E-state index is 0.0195. The highest BCUT2D eigenvalue weighted by molar-refractivity contribution is 6.05. The molecule has 0 aliphatic carbocycles. The molecule has 22 heavy (non-hydrogen) atoms. The second kappa shape index (κ2) is 5.29. The van der Waals surface area contributed by atoms with Gasteiger partial charge in [0.05, 0.1) is 17.1 Å². The molecule has 0 unspecified atom stereocenters. The first-order chi connectivity index (χ1) is 10.8. The molecule has 3 heterocycles. The minimum Gasteiger partial charge on any atom is -0.361 e. The summed E-state index contributed by atoms with van der Waals surface area (Å²) < 4.78 is 0. The SMILES string of the molecule is O=C(c1cccc2cc[nH]c12)N1CCCC[C@H]1c1ncn[nH]1. The Morgan fingerprint density at radius 1 is 1.27 bits per heavy atom. The fourth-order valence-corrected chi connectivity index (χ4v) is 3.25. The van der Waals surface area contributed by atoms with Gasteiger partial charge in [0.1, 0.15) is 12.2 Å². The number of aromatic amines is 2. The lowest BCUT2D eigenvalue weighted by Crippen LogP contribution is -2.39. The molecule has 1 saturated heterocycles. The van der Waals surface area contributed by atoms with E-state index < -0.39 is 0 Å². The zero-order chi connectivity index (χ0) is 14.9. The number of benzene rings is 1. The first kappa shape index (κ1) is 13.1. The molecule has 1 aliphatic heterocycles. The van der Waals surface area contributed by atoms with Gasteiger partial charge in [0.25, 0.3) is 5.91 Å². The summed E-state index contributed by atoms with van der Waals surface area (Å²) in [7, 11) is 0. The van der Waals surface area contributed by atoms with E-state index in [1.165, 1.54) is 6.33 Å². The number of nitrogens with one attached hydrogen (secondary N) is 2. The zero-order valence-corrected chi connectivity index (χ0v) is 12.1. The third kappa shape index (κ3) is 2.07. The second-order valence-corrected chi connectivity index (χ2v) is 5.63. The maximum absolute atomic E-state index is 13.1. The summed E-state index contributed by atoms with van der Waals surface area (Å²) in [5.74, 6) is 0.820. The summed E-state index contributed by atoms with van der Waals surface area (Å²) in [6.45, 7) is 0.751. The standard InChI is InChI=1S/C16H17N5O/c22-16(12-5-3-4-11-7-8-17-14(11)12)21-9-2-1-6-13(21)15-18-10-19-20-15/h3-5,7-8,10,13,17H,1-2,6,9H2,(H,18,19,20)/t13-/m0/s1. The maximum Gasteiger partial charge on any atom is 0.256 e. The van der Waals surface area contributed by atoms with Gasteiger partial charge in [-0.15, -0.1) is 0 Å². The Hall–Kier alpha value is -2.63. The van der Waals surface area contributed by atoms with Crippen LogP contribution in [-0.4, -0.2) is 37.5 Å². The largest absolute Gasteiger partial charge is 0.361 e. The maximum atomic E-state index is 13.1. The molecule has 6 heteroatoms. The van der Waals surface area contributed by atoms with E-state index in [2.05, 4.69) is 20.2 Å². The molecule has 0 bridgehead atoms. The van der Waals surface area contributed by atoms with E-state index in [9.17, 15) is 4.79 Å². The fourth-order valence-electron chi connectivity index (χ4n) is 3.25. The number of likely N-dealkylation sites (tertiary alicyclic amines) is 1. The van der Waals surface area contributed by atoms with Gasteiger partial charge in [-0.25, -0.2) is 4.98 Å². The van der Waals surface area contributed by atoms with Crippen LogP contribution in [0.15, 0.2) is 36.8 Å². The number of nitrogens with zero attached hydrogens (tertiary/aromatic N) is 3. The number of carbonyl (C=O) groups is 1. The Bertz CT molecular complexity index is 792. The molecule has 1 aromatic carbocycles. The molecule has 1 fully saturated rings. The Kier molecular flexibility index (Phi) is 3.14. The summed E-state index contributed by atoms with van der Waals surface area (Å²) in [6, 6.07) is 7.78. The lowest BCUT2D eigenvalue weighted by molar-refractivity contribution is 0.0602. The van der Waals surface area contributed by atoms with E-state index in [0.29, 0.717) is 5.56 Å². The van der Waals surface area contributed by atoms with Crippen LogP contribution < -0.4 is 0 Å². The number of carbonyl (C=O) groups excluding carboxylic acids is 1. The summed E-state index contributed by atoms with van der Waals surface area (Å²) in [6.07, 6.45) is 6.41. The number of rotatable bonds is 2. The molecule has 3 aromatic rings. The normalized spacial score (nSPS) is 18.7. The number of piperidine rings is 1. The Balaban J connectivity index is 1.72. The number of aromatic nitrogens is 4. The number of hydrogen-bond donors (Lipinski definition) is 2.